The Kier molecular flexibility index (Phi) is 4.38. The van der Waals surface area contributed by atoms with Crippen LogP contribution in [0.1, 0.15) is 0 Å². The maximum absolute atomic E-state index is 13.4. The zero-order valence-electron chi connectivity index (χ0n) is 12.3. The lowest BCUT2D eigenvalue weighted by molar-refractivity contribution is -0.155. The summed E-state index contributed by atoms with van der Waals surface area (Å²) in [6.45, 7) is 0. The van der Waals surface area contributed by atoms with E-state index in [1.807, 2.05) is 0 Å². The van der Waals surface area contributed by atoms with Crippen LogP contribution in [-0.4, -0.2) is 26.7 Å². The number of fused-ring (bicyclic) bond motifs is 2. The normalized spacial score (nSPS) is 11.8. The van der Waals surface area contributed by atoms with E-state index >= 15 is 0 Å². The second-order valence-electron chi connectivity index (χ2n) is 4.99. The number of esters is 1. The molecule has 0 bridgehead atoms. The lowest BCUT2D eigenvalue weighted by Crippen LogP contribution is -2.29. The number of phenols is 2. The number of phenolic OH excluding ortho intramolecular Hbond substituents is 2. The minimum atomic E-state index is -4.18. The average Bonchev–Trinajstić information content (AvgIpc) is 2.59. The second-order valence-corrected chi connectivity index (χ2v) is 5.81. The van der Waals surface area contributed by atoms with Gasteiger partial charge in [-0.15, -0.1) is 0 Å². The van der Waals surface area contributed by atoms with E-state index < -0.39 is 23.3 Å². The third kappa shape index (κ3) is 2.93. The van der Waals surface area contributed by atoms with E-state index in [1.54, 1.807) is 18.2 Å². The molecule has 0 atom stereocenters. The fraction of sp³-hybridized carbons (Fsp3) is 0.0625. The molecule has 0 fully saturated rings. The SMILES string of the molecule is O=C(Oc1cccc2c(O)c3ccccc3c(O)c12)C(F)(F)SOO. The van der Waals surface area contributed by atoms with Crippen molar-refractivity contribution in [3.63, 3.8) is 0 Å². The zero-order chi connectivity index (χ0) is 18.2. The van der Waals surface area contributed by atoms with Gasteiger partial charge in [0.25, 0.3) is 0 Å². The number of rotatable bonds is 4. The first-order valence-electron chi connectivity index (χ1n) is 6.81. The number of aromatic hydroxyl groups is 2. The standard InChI is InChI=1S/C16H10F2O6S/c17-16(18,25-24-22)15(21)23-11-7-3-6-10-12(11)14(20)9-5-2-1-4-8(9)13(10)19/h1-7,19-20,22H. The molecule has 0 saturated carbocycles. The minimum absolute atomic E-state index is 0.0993. The molecular formula is C16H10F2O6S. The van der Waals surface area contributed by atoms with E-state index in [0.29, 0.717) is 5.39 Å². The predicted octanol–water partition coefficient (Wildman–Crippen LogP) is 4.04. The molecule has 25 heavy (non-hydrogen) atoms. The van der Waals surface area contributed by atoms with Crippen molar-refractivity contribution in [2.45, 2.75) is 5.25 Å². The molecule has 0 unspecified atom stereocenters. The summed E-state index contributed by atoms with van der Waals surface area (Å²) in [4.78, 5) is 11.6. The van der Waals surface area contributed by atoms with Gasteiger partial charge in [0.05, 0.1) is 5.39 Å². The van der Waals surface area contributed by atoms with Crippen molar-refractivity contribution < 1.29 is 38.1 Å². The van der Waals surface area contributed by atoms with E-state index in [9.17, 15) is 23.8 Å². The van der Waals surface area contributed by atoms with Gasteiger partial charge in [0.2, 0.25) is 0 Å². The minimum Gasteiger partial charge on any atom is -0.507 e. The largest absolute Gasteiger partial charge is 0.507 e. The molecule has 0 aliphatic carbocycles. The fourth-order valence-corrected chi connectivity index (χ4v) is 2.68. The van der Waals surface area contributed by atoms with Gasteiger partial charge in [-0.2, -0.15) is 13.1 Å². The van der Waals surface area contributed by atoms with Crippen molar-refractivity contribution in [3.05, 3.63) is 42.5 Å². The molecule has 3 aromatic carbocycles. The number of benzene rings is 3. The topological polar surface area (TPSA) is 96.2 Å². The van der Waals surface area contributed by atoms with Gasteiger partial charge >= 0.3 is 11.2 Å². The van der Waals surface area contributed by atoms with E-state index in [0.717, 1.165) is 0 Å². The lowest BCUT2D eigenvalue weighted by atomic mass is 10.00. The lowest BCUT2D eigenvalue weighted by Gasteiger charge is -2.15. The summed E-state index contributed by atoms with van der Waals surface area (Å²) >= 11 is -0.788. The Hall–Kier alpha value is -2.62. The van der Waals surface area contributed by atoms with Gasteiger partial charge in [0.1, 0.15) is 29.3 Å². The molecule has 0 amide bonds. The van der Waals surface area contributed by atoms with Crippen molar-refractivity contribution in [2.24, 2.45) is 0 Å². The van der Waals surface area contributed by atoms with E-state index in [4.69, 9.17) is 5.26 Å². The Morgan fingerprint density at radius 3 is 2.20 bits per heavy atom. The Balaban J connectivity index is 2.19. The summed E-state index contributed by atoms with van der Waals surface area (Å²) in [7, 11) is 0. The molecule has 3 N–H and O–H groups in total. The molecule has 9 heteroatoms. The number of hydrogen-bond acceptors (Lipinski definition) is 7. The number of carbonyl (C=O) groups is 1. The number of alkyl halides is 2. The van der Waals surface area contributed by atoms with Crippen LogP contribution in [-0.2, 0) is 9.13 Å². The third-order valence-corrected chi connectivity index (χ3v) is 3.99. The van der Waals surface area contributed by atoms with Crippen LogP contribution in [0.25, 0.3) is 21.5 Å². The molecule has 130 valence electrons. The summed E-state index contributed by atoms with van der Waals surface area (Å²) in [5.41, 5.74) is 0. The third-order valence-electron chi connectivity index (χ3n) is 3.54. The van der Waals surface area contributed by atoms with Gasteiger partial charge in [-0.1, -0.05) is 36.4 Å². The molecule has 3 rings (SSSR count). The number of hydrogen-bond donors (Lipinski definition) is 3. The summed E-state index contributed by atoms with van der Waals surface area (Å²) in [6.07, 6.45) is 0. The van der Waals surface area contributed by atoms with Gasteiger partial charge in [-0.25, -0.2) is 10.1 Å². The highest BCUT2D eigenvalue weighted by atomic mass is 32.2. The van der Waals surface area contributed by atoms with Gasteiger partial charge in [0.15, 0.2) is 0 Å². The van der Waals surface area contributed by atoms with Crippen LogP contribution in [0.2, 0.25) is 0 Å². The van der Waals surface area contributed by atoms with Crippen molar-refractivity contribution >= 4 is 39.6 Å². The van der Waals surface area contributed by atoms with Crippen LogP contribution < -0.4 is 4.74 Å². The van der Waals surface area contributed by atoms with Crippen molar-refractivity contribution in [1.29, 1.82) is 0 Å². The van der Waals surface area contributed by atoms with E-state index in [2.05, 4.69) is 9.07 Å². The van der Waals surface area contributed by atoms with Crippen LogP contribution in [0.3, 0.4) is 0 Å². The molecule has 0 saturated heterocycles. The van der Waals surface area contributed by atoms with Crippen LogP contribution in [0, 0.1) is 0 Å². The average molecular weight is 368 g/mol. The monoisotopic (exact) mass is 368 g/mol. The Morgan fingerprint density at radius 2 is 1.56 bits per heavy atom. The molecule has 6 nitrogen and oxygen atoms in total. The zero-order valence-corrected chi connectivity index (χ0v) is 13.1. The number of carbonyl (C=O) groups excluding carboxylic acids is 1. The molecule has 0 aliphatic rings. The highest BCUT2D eigenvalue weighted by Gasteiger charge is 2.44. The molecule has 0 heterocycles. The molecule has 0 aliphatic heterocycles. The van der Waals surface area contributed by atoms with E-state index in [-0.39, 0.29) is 33.4 Å². The Morgan fingerprint density at radius 1 is 0.960 bits per heavy atom. The Labute approximate surface area is 143 Å². The second kappa shape index (κ2) is 6.36. The molecule has 0 spiro atoms. The summed E-state index contributed by atoms with van der Waals surface area (Å²) in [5, 5.41) is 25.4. The summed E-state index contributed by atoms with van der Waals surface area (Å²) in [5.74, 6) is -2.91. The summed E-state index contributed by atoms with van der Waals surface area (Å²) in [6, 6.07) is 10.4. The number of halogens is 2. The van der Waals surface area contributed by atoms with Crippen molar-refractivity contribution in [2.75, 3.05) is 0 Å². The Bertz CT molecular complexity index is 976. The highest BCUT2D eigenvalue weighted by molar-refractivity contribution is 7.96. The van der Waals surface area contributed by atoms with Gasteiger partial charge in [0, 0.05) is 16.2 Å². The molecular weight excluding hydrogens is 358 g/mol. The van der Waals surface area contributed by atoms with Crippen molar-refractivity contribution in [1.82, 2.24) is 0 Å². The summed E-state index contributed by atoms with van der Waals surface area (Å²) < 4.78 is 34.7. The first kappa shape index (κ1) is 17.2. The molecule has 3 aromatic rings. The maximum Gasteiger partial charge on any atom is 0.416 e. The van der Waals surface area contributed by atoms with Gasteiger partial charge < -0.3 is 14.9 Å². The predicted molar refractivity (Wildman–Crippen MR) is 86.7 cm³/mol. The van der Waals surface area contributed by atoms with Crippen LogP contribution in [0.5, 0.6) is 17.2 Å². The quantitative estimate of drug-likeness (QED) is 0.122. The molecule has 0 radical (unpaired) electrons. The highest BCUT2D eigenvalue weighted by Crippen LogP contribution is 2.45. The van der Waals surface area contributed by atoms with Gasteiger partial charge in [-0.3, -0.25) is 0 Å². The molecule has 0 aromatic heterocycles. The number of ether oxygens (including phenoxy) is 1. The first-order chi connectivity index (χ1) is 11.9. The van der Waals surface area contributed by atoms with Crippen molar-refractivity contribution in [3.8, 4) is 17.2 Å². The fourth-order valence-electron chi connectivity index (χ4n) is 2.47. The van der Waals surface area contributed by atoms with Crippen LogP contribution >= 0.6 is 12.0 Å². The maximum atomic E-state index is 13.4. The smallest absolute Gasteiger partial charge is 0.416 e. The van der Waals surface area contributed by atoms with E-state index in [1.165, 1.54) is 24.3 Å². The van der Waals surface area contributed by atoms with Crippen LogP contribution in [0.15, 0.2) is 42.5 Å². The first-order valence-corrected chi connectivity index (χ1v) is 7.55. The van der Waals surface area contributed by atoms with Crippen LogP contribution in [0.4, 0.5) is 8.78 Å². The van der Waals surface area contributed by atoms with Gasteiger partial charge in [-0.05, 0) is 6.07 Å².